The number of nitrogens with zero attached hydrogens (tertiary/aromatic N) is 2. The highest BCUT2D eigenvalue weighted by atomic mass is 32.2. The normalized spacial score (nSPS) is 12.5. The van der Waals surface area contributed by atoms with Crippen molar-refractivity contribution in [1.82, 2.24) is 19.9 Å². The maximum absolute atomic E-state index is 12.1. The van der Waals surface area contributed by atoms with Crippen LogP contribution in [0.4, 0.5) is 26.3 Å². The Kier molecular flexibility index (Phi) is 8.74. The Morgan fingerprint density at radius 2 is 0.864 bits per heavy atom. The fraction of sp³-hybridized carbons (Fsp3) is 0.0769. The minimum absolute atomic E-state index is 0.0233. The molecule has 2 aromatic heterocycles. The van der Waals surface area contributed by atoms with Gasteiger partial charge in [-0.15, -0.1) is 0 Å². The van der Waals surface area contributed by atoms with Crippen LogP contribution in [0.1, 0.15) is 11.6 Å². The Morgan fingerprint density at radius 3 is 1.16 bits per heavy atom. The van der Waals surface area contributed by atoms with Gasteiger partial charge in [0.2, 0.25) is 11.6 Å². The van der Waals surface area contributed by atoms with Crippen LogP contribution in [0.3, 0.4) is 0 Å². The number of hydrogen-bond donors (Lipinski definition) is 4. The van der Waals surface area contributed by atoms with E-state index in [0.29, 0.717) is 22.1 Å². The van der Waals surface area contributed by atoms with E-state index in [1.807, 2.05) is 0 Å². The van der Waals surface area contributed by atoms with Crippen molar-refractivity contribution in [3.63, 3.8) is 0 Å². The van der Waals surface area contributed by atoms with Gasteiger partial charge in [-0.3, -0.25) is 9.11 Å². The molecule has 44 heavy (non-hydrogen) atoms. The number of H-pyrrole nitrogens is 2. The highest BCUT2D eigenvalue weighted by molar-refractivity contribution is 7.86. The van der Waals surface area contributed by atoms with E-state index in [2.05, 4.69) is 19.9 Å². The lowest BCUT2D eigenvalue weighted by atomic mass is 10.1. The summed E-state index contributed by atoms with van der Waals surface area (Å²) >= 11 is 0. The van der Waals surface area contributed by atoms with Crippen LogP contribution >= 0.6 is 0 Å². The number of fused-ring (bicyclic) bond motifs is 3. The molecule has 18 heteroatoms. The fourth-order valence-electron chi connectivity index (χ4n) is 3.88. The topological polar surface area (TPSA) is 166 Å². The van der Waals surface area contributed by atoms with Crippen molar-refractivity contribution >= 4 is 53.1 Å². The monoisotopic (exact) mass is 660 g/mol. The molecule has 10 nitrogen and oxygen atoms in total. The van der Waals surface area contributed by atoms with E-state index in [0.717, 1.165) is 12.1 Å². The molecular weight excluding hydrogens is 642 g/mol. The summed E-state index contributed by atoms with van der Waals surface area (Å²) in [5.41, 5.74) is 1.45. The Hall–Kier alpha value is -4.52. The molecule has 4 N–H and O–H groups in total. The Bertz CT molecular complexity index is 1960. The van der Waals surface area contributed by atoms with E-state index >= 15 is 0 Å². The third kappa shape index (κ3) is 7.51. The number of halogens is 6. The first-order chi connectivity index (χ1) is 20.4. The van der Waals surface area contributed by atoms with Gasteiger partial charge < -0.3 is 9.97 Å². The molecule has 232 valence electrons. The molecule has 0 unspecified atom stereocenters. The molecule has 0 aliphatic rings. The van der Waals surface area contributed by atoms with Gasteiger partial charge in [0, 0.05) is 10.8 Å². The number of aromatic nitrogens is 4. The van der Waals surface area contributed by atoms with E-state index in [1.165, 1.54) is 36.4 Å². The molecule has 0 radical (unpaired) electrons. The first-order valence-electron chi connectivity index (χ1n) is 11.9. The predicted molar refractivity (Wildman–Crippen MR) is 146 cm³/mol. The van der Waals surface area contributed by atoms with Gasteiger partial charge in [0.05, 0.1) is 22.1 Å². The Balaban J connectivity index is 0.000000154. The number of benzene rings is 4. The molecule has 0 aliphatic heterocycles. The lowest BCUT2D eigenvalue weighted by Crippen LogP contribution is -2.06. The maximum Gasteiger partial charge on any atom is 0.449 e. The Labute approximate surface area is 243 Å². The number of para-hydroxylation sites is 4. The van der Waals surface area contributed by atoms with Crippen LogP contribution in [-0.4, -0.2) is 45.9 Å². The third-order valence-electron chi connectivity index (χ3n) is 5.71. The van der Waals surface area contributed by atoms with Crippen molar-refractivity contribution in [2.75, 3.05) is 0 Å². The fourth-order valence-corrected chi connectivity index (χ4v) is 5.29. The van der Waals surface area contributed by atoms with Gasteiger partial charge in [0.25, 0.3) is 20.2 Å². The van der Waals surface area contributed by atoms with Crippen molar-refractivity contribution in [1.29, 1.82) is 0 Å². The summed E-state index contributed by atoms with van der Waals surface area (Å²) in [4.78, 5) is 10.4. The molecule has 0 saturated carbocycles. The van der Waals surface area contributed by atoms with E-state index in [9.17, 15) is 43.2 Å². The highest BCUT2D eigenvalue weighted by Gasteiger charge is 2.35. The zero-order valence-corrected chi connectivity index (χ0v) is 23.2. The summed E-state index contributed by atoms with van der Waals surface area (Å²) in [6.45, 7) is 0. The molecule has 0 amide bonds. The average molecular weight is 661 g/mol. The summed E-state index contributed by atoms with van der Waals surface area (Å²) < 4.78 is 135. The molecule has 4 aromatic carbocycles. The number of nitrogens with one attached hydrogen (secondary N) is 2. The van der Waals surface area contributed by atoms with E-state index in [-0.39, 0.29) is 10.8 Å². The van der Waals surface area contributed by atoms with Gasteiger partial charge >= 0.3 is 12.4 Å². The van der Waals surface area contributed by atoms with Crippen LogP contribution in [-0.2, 0) is 32.6 Å². The van der Waals surface area contributed by atoms with Crippen LogP contribution in [0.25, 0.3) is 32.8 Å². The highest BCUT2D eigenvalue weighted by Crippen LogP contribution is 2.30. The second kappa shape index (κ2) is 11.9. The molecular formula is C26H18F6N4O6S2. The smallest absolute Gasteiger partial charge is 0.334 e. The van der Waals surface area contributed by atoms with Crippen molar-refractivity contribution < 1.29 is 52.3 Å². The van der Waals surface area contributed by atoms with Gasteiger partial charge in [-0.05, 0) is 36.4 Å². The molecule has 0 atom stereocenters. The maximum atomic E-state index is 12.1. The van der Waals surface area contributed by atoms with Gasteiger partial charge in [-0.25, -0.2) is 9.97 Å². The minimum atomic E-state index is -4.47. The Morgan fingerprint density at radius 1 is 0.523 bits per heavy atom. The molecule has 6 aromatic rings. The number of alkyl halides is 6. The molecule has 0 fully saturated rings. The molecule has 0 spiro atoms. The first kappa shape index (κ1) is 32.4. The van der Waals surface area contributed by atoms with Crippen molar-refractivity contribution in [2.45, 2.75) is 22.1 Å². The van der Waals surface area contributed by atoms with Gasteiger partial charge in [-0.2, -0.15) is 43.2 Å². The van der Waals surface area contributed by atoms with E-state index in [1.54, 1.807) is 36.4 Å². The zero-order valence-electron chi connectivity index (χ0n) is 21.6. The lowest BCUT2D eigenvalue weighted by Gasteiger charge is -2.06. The summed E-state index contributed by atoms with van der Waals surface area (Å²) in [6.07, 6.45) is -8.81. The molecule has 0 aliphatic carbocycles. The standard InChI is InChI=1S/C10H8O6S2.2C8H5F3N2/c11-17(12,13)9-5-1-3-7-8(9)4-2-6-10(7)18(14,15)16;2*9-8(10,11)7-12-5-3-1-2-4-6(5)13-7/h1-6H,(H,11,12,13)(H,14,15,16);2*1-4H,(H,12,13). The number of imidazole rings is 2. The first-order valence-corrected chi connectivity index (χ1v) is 14.7. The van der Waals surface area contributed by atoms with Crippen molar-refractivity contribution in [3.05, 3.63) is 96.6 Å². The van der Waals surface area contributed by atoms with Gasteiger partial charge in [0.1, 0.15) is 9.79 Å². The summed E-state index contributed by atoms with van der Waals surface area (Å²) in [7, 11) is -8.94. The van der Waals surface area contributed by atoms with Gasteiger partial charge in [-0.1, -0.05) is 48.5 Å². The summed E-state index contributed by atoms with van der Waals surface area (Å²) in [5, 5.41) is 0.0465. The third-order valence-corrected chi connectivity index (χ3v) is 7.54. The lowest BCUT2D eigenvalue weighted by molar-refractivity contribution is -0.144. The van der Waals surface area contributed by atoms with Crippen LogP contribution < -0.4 is 0 Å². The second-order valence-corrected chi connectivity index (χ2v) is 11.5. The molecule has 6 rings (SSSR count). The van der Waals surface area contributed by atoms with Crippen molar-refractivity contribution in [2.24, 2.45) is 0 Å². The number of hydrogen-bond acceptors (Lipinski definition) is 6. The SMILES string of the molecule is FC(F)(F)c1nc2ccccc2[nH]1.FC(F)(F)c1nc2ccccc2[nH]1.O=S(=O)(O)c1cccc2c(S(=O)(=O)O)cccc12. The van der Waals surface area contributed by atoms with E-state index in [4.69, 9.17) is 9.11 Å². The number of rotatable bonds is 2. The summed E-state index contributed by atoms with van der Waals surface area (Å²) in [6, 6.07) is 20.3. The average Bonchev–Trinajstić information content (AvgIpc) is 3.57. The summed E-state index contributed by atoms with van der Waals surface area (Å²) in [5.74, 6) is -1.90. The number of aromatic amines is 2. The molecule has 2 heterocycles. The predicted octanol–water partition coefficient (Wildman–Crippen LogP) is 6.50. The second-order valence-electron chi connectivity index (χ2n) is 8.76. The van der Waals surface area contributed by atoms with Crippen molar-refractivity contribution in [3.8, 4) is 0 Å². The molecule has 0 bridgehead atoms. The van der Waals surface area contributed by atoms with Crippen LogP contribution in [0.2, 0.25) is 0 Å². The largest absolute Gasteiger partial charge is 0.449 e. The van der Waals surface area contributed by atoms with E-state index < -0.39 is 54.0 Å². The zero-order chi connectivity index (χ0) is 32.5. The molecule has 0 saturated heterocycles. The van der Waals surface area contributed by atoms with Crippen LogP contribution in [0, 0.1) is 0 Å². The van der Waals surface area contributed by atoms with Crippen LogP contribution in [0.15, 0.2) is 94.7 Å². The minimum Gasteiger partial charge on any atom is -0.334 e. The quantitative estimate of drug-likeness (QED) is 0.121. The van der Waals surface area contributed by atoms with Crippen LogP contribution in [0.5, 0.6) is 0 Å². The van der Waals surface area contributed by atoms with Gasteiger partial charge in [0.15, 0.2) is 0 Å².